The summed E-state index contributed by atoms with van der Waals surface area (Å²) in [5.41, 5.74) is 1.01. The first kappa shape index (κ1) is 20.5. The highest BCUT2D eigenvalue weighted by molar-refractivity contribution is 7.91. The fourth-order valence-corrected chi connectivity index (χ4v) is 4.94. The van der Waals surface area contributed by atoms with Gasteiger partial charge in [-0.05, 0) is 43.2 Å². The second-order valence-corrected chi connectivity index (χ2v) is 9.81. The van der Waals surface area contributed by atoms with E-state index in [4.69, 9.17) is 5.14 Å². The Hall–Kier alpha value is -2.23. The third kappa shape index (κ3) is 5.40. The van der Waals surface area contributed by atoms with E-state index in [1.807, 2.05) is 0 Å². The molecule has 0 saturated heterocycles. The van der Waals surface area contributed by atoms with Crippen molar-refractivity contribution < 1.29 is 18.0 Å². The molecule has 9 heteroatoms. The summed E-state index contributed by atoms with van der Waals surface area (Å²) in [7, 11) is -3.73. The second kappa shape index (κ2) is 8.85. The molecule has 0 unspecified atom stereocenters. The zero-order valence-corrected chi connectivity index (χ0v) is 16.9. The molecule has 4 N–H and O–H groups in total. The van der Waals surface area contributed by atoms with Gasteiger partial charge in [0.1, 0.15) is 4.21 Å². The summed E-state index contributed by atoms with van der Waals surface area (Å²) in [6.07, 6.45) is 5.16. The van der Waals surface area contributed by atoms with Crippen LogP contribution in [0, 0.1) is 5.92 Å². The zero-order valence-electron chi connectivity index (χ0n) is 15.3. The highest BCUT2D eigenvalue weighted by atomic mass is 32.2. The minimum atomic E-state index is -3.73. The van der Waals surface area contributed by atoms with Gasteiger partial charge < -0.3 is 10.6 Å². The van der Waals surface area contributed by atoms with Gasteiger partial charge in [-0.1, -0.05) is 25.3 Å². The van der Waals surface area contributed by atoms with Crippen molar-refractivity contribution in [3.63, 3.8) is 0 Å². The molecule has 0 bridgehead atoms. The number of rotatable bonds is 6. The number of carbonyl (C=O) groups is 2. The lowest BCUT2D eigenvalue weighted by atomic mass is 9.88. The van der Waals surface area contributed by atoms with Gasteiger partial charge in [0.15, 0.2) is 0 Å². The monoisotopic (exact) mass is 421 g/mol. The van der Waals surface area contributed by atoms with Gasteiger partial charge in [0.05, 0.1) is 6.54 Å². The average Bonchev–Trinajstić information content (AvgIpc) is 3.16. The molecule has 2 aromatic rings. The van der Waals surface area contributed by atoms with Gasteiger partial charge in [0, 0.05) is 22.0 Å². The molecule has 150 valence electrons. The van der Waals surface area contributed by atoms with Crippen molar-refractivity contribution in [2.45, 2.75) is 42.9 Å². The Kier molecular flexibility index (Phi) is 6.48. The van der Waals surface area contributed by atoms with Crippen LogP contribution in [0.2, 0.25) is 0 Å². The van der Waals surface area contributed by atoms with Gasteiger partial charge in [-0.25, -0.2) is 13.6 Å². The molecule has 0 radical (unpaired) electrons. The van der Waals surface area contributed by atoms with E-state index in [2.05, 4.69) is 10.6 Å². The molecule has 1 aromatic carbocycles. The standard InChI is InChI=1S/C19H23N3O4S2/c20-28(25,26)17-10-9-16(27-17)12-21-18(23)14-7-4-8-15(11-14)22-19(24)13-5-2-1-3-6-13/h4,7-11,13H,1-3,5-6,12H2,(H,21,23)(H,22,24)(H2,20,25,26). The number of anilines is 1. The molecule has 28 heavy (non-hydrogen) atoms. The molecule has 1 saturated carbocycles. The Bertz CT molecular complexity index is 963. The van der Waals surface area contributed by atoms with Crippen molar-refractivity contribution in [2.24, 2.45) is 11.1 Å². The fourth-order valence-electron chi connectivity index (χ4n) is 3.22. The van der Waals surface area contributed by atoms with E-state index in [1.165, 1.54) is 12.5 Å². The van der Waals surface area contributed by atoms with Gasteiger partial charge in [0.2, 0.25) is 15.9 Å². The first-order valence-corrected chi connectivity index (χ1v) is 11.5. The van der Waals surface area contributed by atoms with E-state index in [0.29, 0.717) is 16.1 Å². The van der Waals surface area contributed by atoms with E-state index in [-0.39, 0.29) is 28.5 Å². The molecule has 1 fully saturated rings. The highest BCUT2D eigenvalue weighted by Crippen LogP contribution is 2.25. The van der Waals surface area contributed by atoms with Crippen molar-refractivity contribution in [3.05, 3.63) is 46.8 Å². The summed E-state index contributed by atoms with van der Waals surface area (Å²) in [6.45, 7) is 0.192. The minimum Gasteiger partial charge on any atom is -0.347 e. The molecule has 0 aliphatic heterocycles. The van der Waals surface area contributed by atoms with E-state index >= 15 is 0 Å². The number of carbonyl (C=O) groups excluding carboxylic acids is 2. The summed E-state index contributed by atoms with van der Waals surface area (Å²) in [4.78, 5) is 25.5. The van der Waals surface area contributed by atoms with Crippen LogP contribution in [0.1, 0.15) is 47.3 Å². The summed E-state index contributed by atoms with van der Waals surface area (Å²) < 4.78 is 22.7. The largest absolute Gasteiger partial charge is 0.347 e. The first-order valence-electron chi connectivity index (χ1n) is 9.13. The van der Waals surface area contributed by atoms with Crippen LogP contribution in [0.4, 0.5) is 5.69 Å². The van der Waals surface area contributed by atoms with Crippen molar-refractivity contribution in [3.8, 4) is 0 Å². The summed E-state index contributed by atoms with van der Waals surface area (Å²) >= 11 is 1.02. The van der Waals surface area contributed by atoms with Crippen molar-refractivity contribution >= 4 is 38.9 Å². The molecule has 7 nitrogen and oxygen atoms in total. The Labute approximate surface area is 168 Å². The fraction of sp³-hybridized carbons (Fsp3) is 0.368. The summed E-state index contributed by atoms with van der Waals surface area (Å²) in [6, 6.07) is 9.81. The van der Waals surface area contributed by atoms with Gasteiger partial charge in [-0.3, -0.25) is 9.59 Å². The molecule has 3 rings (SSSR count). The molecule has 1 aliphatic carbocycles. The minimum absolute atomic E-state index is 0.00590. The van der Waals surface area contributed by atoms with Crippen LogP contribution in [0.3, 0.4) is 0 Å². The van der Waals surface area contributed by atoms with Crippen molar-refractivity contribution in [1.29, 1.82) is 0 Å². The maximum atomic E-state index is 12.4. The number of thiophene rings is 1. The average molecular weight is 422 g/mol. The molecule has 0 spiro atoms. The Morgan fingerprint density at radius 3 is 2.54 bits per heavy atom. The predicted molar refractivity (Wildman–Crippen MR) is 109 cm³/mol. The molecule has 1 aromatic heterocycles. The maximum Gasteiger partial charge on any atom is 0.251 e. The zero-order chi connectivity index (χ0) is 20.1. The lowest BCUT2D eigenvalue weighted by molar-refractivity contribution is -0.120. The van der Waals surface area contributed by atoms with Gasteiger partial charge in [-0.15, -0.1) is 11.3 Å². The Morgan fingerprint density at radius 1 is 1.11 bits per heavy atom. The lowest BCUT2D eigenvalue weighted by Crippen LogP contribution is -2.25. The van der Waals surface area contributed by atoms with E-state index in [0.717, 1.165) is 37.0 Å². The molecule has 0 atom stereocenters. The SMILES string of the molecule is NS(=O)(=O)c1ccc(CNC(=O)c2cccc(NC(=O)C3CCCCC3)c2)s1. The molecular weight excluding hydrogens is 398 g/mol. The van der Waals surface area contributed by atoms with E-state index < -0.39 is 10.0 Å². The number of nitrogens with two attached hydrogens (primary N) is 1. The van der Waals surface area contributed by atoms with Crippen LogP contribution in [-0.4, -0.2) is 20.2 Å². The highest BCUT2D eigenvalue weighted by Gasteiger charge is 2.21. The Balaban J connectivity index is 1.59. The Morgan fingerprint density at radius 2 is 1.86 bits per heavy atom. The van der Waals surface area contributed by atoms with Crippen molar-refractivity contribution in [2.75, 3.05) is 5.32 Å². The van der Waals surface area contributed by atoms with Gasteiger partial charge in [-0.2, -0.15) is 0 Å². The van der Waals surface area contributed by atoms with Crippen molar-refractivity contribution in [1.82, 2.24) is 5.32 Å². The normalized spacial score (nSPS) is 15.2. The second-order valence-electron chi connectivity index (χ2n) is 6.85. The van der Waals surface area contributed by atoms with Crippen LogP contribution < -0.4 is 15.8 Å². The molecular formula is C19H23N3O4S2. The molecule has 1 aliphatic rings. The smallest absolute Gasteiger partial charge is 0.251 e. The van der Waals surface area contributed by atoms with Crippen LogP contribution in [0.15, 0.2) is 40.6 Å². The number of primary sulfonamides is 1. The van der Waals surface area contributed by atoms with E-state index in [1.54, 1.807) is 30.3 Å². The predicted octanol–water partition coefficient (Wildman–Crippen LogP) is 2.84. The lowest BCUT2D eigenvalue weighted by Gasteiger charge is -2.20. The quantitative estimate of drug-likeness (QED) is 0.664. The molecule has 1 heterocycles. The summed E-state index contributed by atoms with van der Waals surface area (Å²) in [5, 5.41) is 10.7. The van der Waals surface area contributed by atoms with Gasteiger partial charge >= 0.3 is 0 Å². The maximum absolute atomic E-state index is 12.4. The van der Waals surface area contributed by atoms with Crippen LogP contribution in [-0.2, 0) is 21.4 Å². The number of benzene rings is 1. The summed E-state index contributed by atoms with van der Waals surface area (Å²) in [5.74, 6) is -0.260. The van der Waals surface area contributed by atoms with Crippen LogP contribution in [0.25, 0.3) is 0 Å². The number of sulfonamides is 1. The van der Waals surface area contributed by atoms with E-state index in [9.17, 15) is 18.0 Å². The number of amides is 2. The van der Waals surface area contributed by atoms with Gasteiger partial charge in [0.25, 0.3) is 5.91 Å². The van der Waals surface area contributed by atoms with Crippen LogP contribution >= 0.6 is 11.3 Å². The topological polar surface area (TPSA) is 118 Å². The number of hydrogen-bond donors (Lipinski definition) is 3. The van der Waals surface area contributed by atoms with Crippen LogP contribution in [0.5, 0.6) is 0 Å². The molecule has 2 amide bonds. The number of hydrogen-bond acceptors (Lipinski definition) is 5. The number of nitrogens with one attached hydrogen (secondary N) is 2. The third-order valence-corrected chi connectivity index (χ3v) is 7.23. The first-order chi connectivity index (χ1) is 13.3. The third-order valence-electron chi connectivity index (χ3n) is 4.71.